The summed E-state index contributed by atoms with van der Waals surface area (Å²) in [5, 5.41) is 0. The molecule has 2 heterocycles. The summed E-state index contributed by atoms with van der Waals surface area (Å²) >= 11 is 0. The minimum Gasteiger partial charge on any atom is -0.444 e. The smallest absolute Gasteiger partial charge is 0.410 e. The molecule has 2 saturated heterocycles. The van der Waals surface area contributed by atoms with Gasteiger partial charge in [-0.2, -0.15) is 0 Å². The van der Waals surface area contributed by atoms with Crippen LogP contribution in [0.3, 0.4) is 0 Å². The van der Waals surface area contributed by atoms with Crippen molar-refractivity contribution in [1.29, 1.82) is 0 Å². The van der Waals surface area contributed by atoms with Gasteiger partial charge in [-0.1, -0.05) is 30.3 Å². The van der Waals surface area contributed by atoms with Gasteiger partial charge in [-0.15, -0.1) is 0 Å². The molecule has 2 aliphatic rings. The van der Waals surface area contributed by atoms with E-state index in [0.29, 0.717) is 39.3 Å². The summed E-state index contributed by atoms with van der Waals surface area (Å²) in [6.45, 7) is 8.36. The van der Waals surface area contributed by atoms with Gasteiger partial charge in [-0.3, -0.25) is 9.59 Å². The number of rotatable bonds is 3. The van der Waals surface area contributed by atoms with E-state index in [-0.39, 0.29) is 30.2 Å². The largest absolute Gasteiger partial charge is 0.444 e. The lowest BCUT2D eigenvalue weighted by molar-refractivity contribution is -0.137. The van der Waals surface area contributed by atoms with Gasteiger partial charge in [0.25, 0.3) is 0 Å². The molecule has 1 unspecified atom stereocenters. The molecule has 2 aliphatic heterocycles. The number of ether oxygens (including phenoxy) is 1. The monoisotopic (exact) mass is 387 g/mol. The molecular weight excluding hydrogens is 358 g/mol. The first kappa shape index (κ1) is 20.2. The predicted octanol–water partition coefficient (Wildman–Crippen LogP) is 2.11. The Morgan fingerprint density at radius 3 is 2.25 bits per heavy atom. The second-order valence-corrected chi connectivity index (χ2v) is 8.45. The van der Waals surface area contributed by atoms with Crippen molar-refractivity contribution in [1.82, 2.24) is 14.7 Å². The molecule has 1 aromatic carbocycles. The topological polar surface area (TPSA) is 70.2 Å². The Morgan fingerprint density at radius 2 is 1.64 bits per heavy atom. The molecule has 3 amide bonds. The Bertz CT molecular complexity index is 721. The number of amides is 3. The third kappa shape index (κ3) is 5.03. The van der Waals surface area contributed by atoms with Gasteiger partial charge in [0, 0.05) is 45.7 Å². The molecule has 7 nitrogen and oxygen atoms in total. The van der Waals surface area contributed by atoms with Crippen LogP contribution in [0.1, 0.15) is 32.8 Å². The zero-order chi connectivity index (χ0) is 20.3. The predicted molar refractivity (Wildman–Crippen MR) is 104 cm³/mol. The normalized spacial score (nSPS) is 20.5. The molecule has 0 aromatic heterocycles. The van der Waals surface area contributed by atoms with Gasteiger partial charge >= 0.3 is 6.09 Å². The highest BCUT2D eigenvalue weighted by molar-refractivity contribution is 5.89. The summed E-state index contributed by atoms with van der Waals surface area (Å²) in [4.78, 5) is 42.5. The molecule has 1 aromatic rings. The number of carbonyl (C=O) groups is 3. The van der Waals surface area contributed by atoms with E-state index in [1.165, 1.54) is 0 Å². The fraction of sp³-hybridized carbons (Fsp3) is 0.571. The Morgan fingerprint density at radius 1 is 1.04 bits per heavy atom. The Labute approximate surface area is 166 Å². The Hall–Kier alpha value is -2.57. The van der Waals surface area contributed by atoms with Gasteiger partial charge in [0.2, 0.25) is 11.8 Å². The van der Waals surface area contributed by atoms with Crippen LogP contribution < -0.4 is 0 Å². The second kappa shape index (κ2) is 8.20. The maximum atomic E-state index is 12.9. The van der Waals surface area contributed by atoms with Gasteiger partial charge in [-0.25, -0.2) is 4.79 Å². The van der Waals surface area contributed by atoms with E-state index in [2.05, 4.69) is 0 Å². The van der Waals surface area contributed by atoms with Gasteiger partial charge in [0.15, 0.2) is 0 Å². The number of hydrogen-bond acceptors (Lipinski definition) is 4. The number of carbonyl (C=O) groups excluding carboxylic acids is 3. The average molecular weight is 387 g/mol. The molecule has 1 atom stereocenters. The first-order valence-electron chi connectivity index (χ1n) is 9.81. The van der Waals surface area contributed by atoms with Crippen molar-refractivity contribution in [3.8, 4) is 0 Å². The molecular formula is C21H29N3O4. The fourth-order valence-electron chi connectivity index (χ4n) is 3.59. The first-order chi connectivity index (χ1) is 13.2. The third-order valence-electron chi connectivity index (χ3n) is 5.02. The van der Waals surface area contributed by atoms with Crippen LogP contribution in [-0.4, -0.2) is 70.9 Å². The van der Waals surface area contributed by atoms with E-state index in [4.69, 9.17) is 4.74 Å². The van der Waals surface area contributed by atoms with Crippen LogP contribution in [0.5, 0.6) is 0 Å². The summed E-state index contributed by atoms with van der Waals surface area (Å²) in [6.07, 6.45) is -0.0810. The highest BCUT2D eigenvalue weighted by Gasteiger charge is 2.37. The standard InChI is InChI=1S/C21H29N3O4/c1-21(2,3)28-20(27)23-11-9-22(10-12-23)19(26)17-13-18(25)24(15-17)14-16-7-5-4-6-8-16/h4-8,17H,9-15H2,1-3H3. The van der Waals surface area contributed by atoms with E-state index in [0.717, 1.165) is 5.56 Å². The molecule has 0 radical (unpaired) electrons. The lowest BCUT2D eigenvalue weighted by Gasteiger charge is -2.36. The van der Waals surface area contributed by atoms with E-state index in [1.54, 1.807) is 14.7 Å². The molecule has 0 N–H and O–H groups in total. The zero-order valence-corrected chi connectivity index (χ0v) is 16.9. The maximum absolute atomic E-state index is 12.9. The van der Waals surface area contributed by atoms with Crippen LogP contribution in [0.15, 0.2) is 30.3 Å². The number of nitrogens with zero attached hydrogens (tertiary/aromatic N) is 3. The van der Waals surface area contributed by atoms with Gasteiger partial charge in [0.05, 0.1) is 5.92 Å². The zero-order valence-electron chi connectivity index (χ0n) is 16.9. The lowest BCUT2D eigenvalue weighted by atomic mass is 10.1. The Kier molecular flexibility index (Phi) is 5.91. The van der Waals surface area contributed by atoms with Gasteiger partial charge in [-0.05, 0) is 26.3 Å². The molecule has 0 aliphatic carbocycles. The molecule has 2 fully saturated rings. The highest BCUT2D eigenvalue weighted by Crippen LogP contribution is 2.23. The second-order valence-electron chi connectivity index (χ2n) is 8.45. The molecule has 3 rings (SSSR count). The summed E-state index contributed by atoms with van der Waals surface area (Å²) in [5.41, 5.74) is 0.533. The van der Waals surface area contributed by atoms with Crippen molar-refractivity contribution in [2.45, 2.75) is 39.3 Å². The molecule has 0 saturated carbocycles. The van der Waals surface area contributed by atoms with Crippen molar-refractivity contribution in [2.75, 3.05) is 32.7 Å². The van der Waals surface area contributed by atoms with Crippen LogP contribution in [0.4, 0.5) is 4.79 Å². The van der Waals surface area contributed by atoms with E-state index in [9.17, 15) is 14.4 Å². The SMILES string of the molecule is CC(C)(C)OC(=O)N1CCN(C(=O)C2CC(=O)N(Cc3ccccc3)C2)CC1. The van der Waals surface area contributed by atoms with E-state index < -0.39 is 5.60 Å². The van der Waals surface area contributed by atoms with Crippen LogP contribution >= 0.6 is 0 Å². The van der Waals surface area contributed by atoms with Crippen molar-refractivity contribution < 1.29 is 19.1 Å². The third-order valence-corrected chi connectivity index (χ3v) is 5.02. The average Bonchev–Trinajstić information content (AvgIpc) is 3.01. The van der Waals surface area contributed by atoms with Crippen LogP contribution in [0.2, 0.25) is 0 Å². The lowest BCUT2D eigenvalue weighted by Crippen LogP contribution is -2.53. The summed E-state index contributed by atoms with van der Waals surface area (Å²) in [5.74, 6) is -0.272. The van der Waals surface area contributed by atoms with Gasteiger partial charge in [0.1, 0.15) is 5.60 Å². The molecule has 28 heavy (non-hydrogen) atoms. The van der Waals surface area contributed by atoms with E-state index >= 15 is 0 Å². The van der Waals surface area contributed by atoms with Crippen molar-refractivity contribution in [3.63, 3.8) is 0 Å². The summed E-state index contributed by atoms with van der Waals surface area (Å²) < 4.78 is 5.39. The molecule has 152 valence electrons. The minimum absolute atomic E-state index is 0.00718. The summed E-state index contributed by atoms with van der Waals surface area (Å²) in [6, 6.07) is 9.81. The first-order valence-corrected chi connectivity index (χ1v) is 9.81. The van der Waals surface area contributed by atoms with Crippen LogP contribution in [0.25, 0.3) is 0 Å². The van der Waals surface area contributed by atoms with Crippen LogP contribution in [0, 0.1) is 5.92 Å². The van der Waals surface area contributed by atoms with Crippen LogP contribution in [-0.2, 0) is 20.9 Å². The van der Waals surface area contributed by atoms with E-state index in [1.807, 2.05) is 51.1 Å². The number of benzene rings is 1. The highest BCUT2D eigenvalue weighted by atomic mass is 16.6. The molecule has 0 bridgehead atoms. The fourth-order valence-corrected chi connectivity index (χ4v) is 3.59. The minimum atomic E-state index is -0.531. The summed E-state index contributed by atoms with van der Waals surface area (Å²) in [7, 11) is 0. The number of piperazine rings is 1. The quantitative estimate of drug-likeness (QED) is 0.797. The number of likely N-dealkylation sites (tertiary alicyclic amines) is 1. The molecule has 0 spiro atoms. The van der Waals surface area contributed by atoms with Crippen molar-refractivity contribution in [3.05, 3.63) is 35.9 Å². The molecule has 7 heteroatoms. The van der Waals surface area contributed by atoms with Crippen molar-refractivity contribution in [2.24, 2.45) is 5.92 Å². The number of hydrogen-bond donors (Lipinski definition) is 0. The van der Waals surface area contributed by atoms with Crippen molar-refractivity contribution >= 4 is 17.9 Å². The van der Waals surface area contributed by atoms with Gasteiger partial charge < -0.3 is 19.4 Å². The maximum Gasteiger partial charge on any atom is 0.410 e. The Balaban J connectivity index is 1.50.